The molecule has 228 valence electrons. The van der Waals surface area contributed by atoms with Crippen molar-refractivity contribution in [1.82, 2.24) is 23.7 Å². The first-order valence-electron chi connectivity index (χ1n) is 12.8. The molecule has 17 heteroatoms. The third kappa shape index (κ3) is 5.66. The fourth-order valence-electron chi connectivity index (χ4n) is 4.97. The Morgan fingerprint density at radius 1 is 1.19 bits per heavy atom. The van der Waals surface area contributed by atoms with Crippen LogP contribution in [-0.4, -0.2) is 82.3 Å². The number of ether oxygens (including phenoxy) is 1. The highest BCUT2D eigenvalue weighted by atomic mass is 32.2. The van der Waals surface area contributed by atoms with E-state index in [2.05, 4.69) is 10.4 Å². The first kappa shape index (κ1) is 30.1. The molecule has 4 heterocycles. The van der Waals surface area contributed by atoms with Crippen LogP contribution in [0.5, 0.6) is 5.88 Å². The van der Waals surface area contributed by atoms with E-state index in [9.17, 15) is 35.9 Å². The molecule has 3 aromatic rings. The molecule has 2 aromatic heterocycles. The van der Waals surface area contributed by atoms with Gasteiger partial charge in [0.1, 0.15) is 29.9 Å². The molecule has 2 N–H and O–H groups in total. The van der Waals surface area contributed by atoms with E-state index in [4.69, 9.17) is 9.15 Å². The van der Waals surface area contributed by atoms with Gasteiger partial charge in [-0.1, -0.05) is 12.1 Å². The topological polar surface area (TPSA) is 130 Å². The first-order valence-corrected chi connectivity index (χ1v) is 14.2. The number of aromatic nitrogens is 2. The average molecular weight is 620 g/mol. The highest BCUT2D eigenvalue weighted by Crippen LogP contribution is 2.41. The lowest BCUT2D eigenvalue weighted by Gasteiger charge is -2.41. The Morgan fingerprint density at radius 3 is 2.50 bits per heavy atom. The molecule has 2 aliphatic rings. The van der Waals surface area contributed by atoms with E-state index in [1.165, 1.54) is 31.4 Å². The van der Waals surface area contributed by atoms with Crippen molar-refractivity contribution in [2.45, 2.75) is 44.3 Å². The van der Waals surface area contributed by atoms with Crippen LogP contribution in [0.4, 0.5) is 22.0 Å². The number of benzene rings is 1. The van der Waals surface area contributed by atoms with Crippen LogP contribution in [0.25, 0.3) is 0 Å². The molecule has 1 aromatic carbocycles. The molecule has 0 bridgehead atoms. The predicted molar refractivity (Wildman–Crippen MR) is 134 cm³/mol. The van der Waals surface area contributed by atoms with Gasteiger partial charge in [-0.3, -0.25) is 4.79 Å². The molecule has 2 fully saturated rings. The van der Waals surface area contributed by atoms with Crippen molar-refractivity contribution in [1.29, 1.82) is 0 Å². The summed E-state index contributed by atoms with van der Waals surface area (Å²) in [5.41, 5.74) is -0.766. The summed E-state index contributed by atoms with van der Waals surface area (Å²) in [6.45, 7) is -0.413. The molecule has 0 radical (unpaired) electrons. The van der Waals surface area contributed by atoms with Gasteiger partial charge in [-0.2, -0.15) is 44.4 Å². The molecule has 2 aliphatic heterocycles. The summed E-state index contributed by atoms with van der Waals surface area (Å²) < 4.78 is 112. The molecular formula is C25H26F5N5O6S. The molecular weight excluding hydrogens is 593 g/mol. The van der Waals surface area contributed by atoms with E-state index in [1.807, 2.05) is 0 Å². The summed E-state index contributed by atoms with van der Waals surface area (Å²) in [4.78, 5) is 13.4. The summed E-state index contributed by atoms with van der Waals surface area (Å²) in [5.74, 6) is -3.83. The number of aliphatic hydroxyl groups is 1. The summed E-state index contributed by atoms with van der Waals surface area (Å²) in [6.07, 6.45) is -4.84. The maximum atomic E-state index is 16.2. The van der Waals surface area contributed by atoms with Crippen molar-refractivity contribution >= 4 is 16.1 Å². The fraction of sp³-hybridized carbons (Fsp3) is 0.440. The van der Waals surface area contributed by atoms with Gasteiger partial charge in [0, 0.05) is 26.2 Å². The average Bonchev–Trinajstić information content (AvgIpc) is 3.66. The summed E-state index contributed by atoms with van der Waals surface area (Å²) in [5, 5.41) is 16.0. The molecule has 5 rings (SSSR count). The number of carbonyl (C=O) groups is 1. The number of β-amino-alcohol motifs (C(OH)–C–C–N with tert-alkyl or cyclic N) is 1. The van der Waals surface area contributed by atoms with Crippen LogP contribution in [0.3, 0.4) is 0 Å². The van der Waals surface area contributed by atoms with Crippen LogP contribution in [-0.2, 0) is 16.8 Å². The number of carbonyl (C=O) groups excluding carboxylic acids is 1. The Morgan fingerprint density at radius 2 is 1.90 bits per heavy atom. The Balaban J connectivity index is 1.63. The van der Waals surface area contributed by atoms with Crippen molar-refractivity contribution in [3.8, 4) is 5.88 Å². The van der Waals surface area contributed by atoms with E-state index in [1.54, 1.807) is 0 Å². The predicted octanol–water partition coefficient (Wildman–Crippen LogP) is 2.52. The van der Waals surface area contributed by atoms with E-state index in [-0.39, 0.29) is 30.8 Å². The first-order chi connectivity index (χ1) is 19.8. The SMILES string of the molecule is Cc1occc1C(=O)n1nc(C2C(C(F)(F)F)NCCN2S(=O)(=O)N2CCC(O)C2)c(F)c1OCc1ccc(F)cc1. The fourth-order valence-corrected chi connectivity index (χ4v) is 6.79. The number of hydrogen-bond acceptors (Lipinski definition) is 8. The second-order valence-electron chi connectivity index (χ2n) is 9.86. The molecule has 0 spiro atoms. The number of nitrogens with one attached hydrogen (secondary N) is 1. The van der Waals surface area contributed by atoms with Crippen LogP contribution in [0.15, 0.2) is 41.0 Å². The number of rotatable bonds is 7. The van der Waals surface area contributed by atoms with Gasteiger partial charge < -0.3 is 19.6 Å². The largest absolute Gasteiger partial charge is 0.471 e. The van der Waals surface area contributed by atoms with Gasteiger partial charge in [0.25, 0.3) is 22.0 Å². The third-order valence-electron chi connectivity index (χ3n) is 7.09. The van der Waals surface area contributed by atoms with Gasteiger partial charge in [-0.15, -0.1) is 0 Å². The van der Waals surface area contributed by atoms with Crippen molar-refractivity contribution in [3.63, 3.8) is 0 Å². The summed E-state index contributed by atoms with van der Waals surface area (Å²) in [7, 11) is -4.66. The second kappa shape index (κ2) is 11.4. The van der Waals surface area contributed by atoms with Crippen molar-refractivity contribution in [2.24, 2.45) is 0 Å². The number of aryl methyl sites for hydroxylation is 1. The minimum atomic E-state index is -5.07. The third-order valence-corrected chi connectivity index (χ3v) is 9.07. The van der Waals surface area contributed by atoms with Gasteiger partial charge >= 0.3 is 6.18 Å². The number of piperazine rings is 1. The standard InChI is InChI=1S/C25H26F5N5O6S/c1-14-18(7-11-40-14)23(37)35-24(41-13-15-2-4-16(26)5-3-15)19(27)20(32-35)21-22(25(28,29)30)31-8-10-34(21)42(38,39)33-9-6-17(36)12-33/h2-5,7,11,17,21-22,31,36H,6,8-10,12-13H2,1H3. The molecule has 3 unspecified atom stereocenters. The maximum Gasteiger partial charge on any atom is 0.405 e. The highest BCUT2D eigenvalue weighted by molar-refractivity contribution is 7.86. The van der Waals surface area contributed by atoms with Crippen LogP contribution in [0.2, 0.25) is 0 Å². The highest BCUT2D eigenvalue weighted by Gasteiger charge is 2.55. The second-order valence-corrected chi connectivity index (χ2v) is 11.7. The van der Waals surface area contributed by atoms with E-state index >= 15 is 4.39 Å². The van der Waals surface area contributed by atoms with Gasteiger partial charge in [0.2, 0.25) is 5.82 Å². The molecule has 3 atom stereocenters. The van der Waals surface area contributed by atoms with Gasteiger partial charge in [-0.25, -0.2) is 4.39 Å². The maximum absolute atomic E-state index is 16.2. The summed E-state index contributed by atoms with van der Waals surface area (Å²) >= 11 is 0. The number of hydrogen-bond donors (Lipinski definition) is 2. The smallest absolute Gasteiger partial charge is 0.405 e. The Labute approximate surface area is 236 Å². The Hall–Kier alpha value is -3.38. The molecule has 0 amide bonds. The Kier molecular flexibility index (Phi) is 8.14. The monoisotopic (exact) mass is 619 g/mol. The number of furan rings is 1. The minimum Gasteiger partial charge on any atom is -0.471 e. The number of aliphatic hydroxyl groups excluding tert-OH is 1. The lowest BCUT2D eigenvalue weighted by atomic mass is 10.0. The normalized spacial score (nSPS) is 22.5. The zero-order chi connectivity index (χ0) is 30.4. The lowest BCUT2D eigenvalue weighted by molar-refractivity contribution is -0.173. The van der Waals surface area contributed by atoms with E-state index in [0.717, 1.165) is 16.4 Å². The molecule has 42 heavy (non-hydrogen) atoms. The van der Waals surface area contributed by atoms with Crippen molar-refractivity contribution in [3.05, 3.63) is 70.8 Å². The van der Waals surface area contributed by atoms with Crippen LogP contribution >= 0.6 is 0 Å². The van der Waals surface area contributed by atoms with Gasteiger partial charge in [-0.05, 0) is 37.1 Å². The quantitative estimate of drug-likeness (QED) is 0.386. The van der Waals surface area contributed by atoms with Crippen LogP contribution < -0.4 is 10.1 Å². The zero-order valence-corrected chi connectivity index (χ0v) is 22.8. The van der Waals surface area contributed by atoms with Gasteiger partial charge in [0.05, 0.1) is 24.0 Å². The van der Waals surface area contributed by atoms with Crippen molar-refractivity contribution in [2.75, 3.05) is 26.2 Å². The minimum absolute atomic E-state index is 0.0710. The number of alkyl halides is 3. The van der Waals surface area contributed by atoms with Crippen LogP contribution in [0.1, 0.15) is 39.8 Å². The lowest BCUT2D eigenvalue weighted by Crippen LogP contribution is -2.62. The number of halogens is 5. The Bertz CT molecular complexity index is 1560. The van der Waals surface area contributed by atoms with Gasteiger partial charge in [0.15, 0.2) is 0 Å². The number of nitrogens with zero attached hydrogens (tertiary/aromatic N) is 4. The van der Waals surface area contributed by atoms with Crippen LogP contribution in [0, 0.1) is 18.6 Å². The summed E-state index contributed by atoms with van der Waals surface area (Å²) in [6, 6.07) is 1.21. The van der Waals surface area contributed by atoms with Crippen molar-refractivity contribution < 1.29 is 49.4 Å². The molecule has 2 saturated heterocycles. The van der Waals surface area contributed by atoms with E-state index < -0.39 is 83.4 Å². The molecule has 0 saturated carbocycles. The molecule has 0 aliphatic carbocycles. The molecule has 11 nitrogen and oxygen atoms in total. The van der Waals surface area contributed by atoms with E-state index in [0.29, 0.717) is 14.6 Å². The zero-order valence-electron chi connectivity index (χ0n) is 22.0.